The molecule has 0 spiro atoms. The summed E-state index contributed by atoms with van der Waals surface area (Å²) in [6.45, 7) is 0.802. The maximum atomic E-state index is 12.0. The molecule has 0 aliphatic rings. The molecule has 0 amide bonds. The number of hydrogen-bond donors (Lipinski definition) is 0. The molecule has 0 N–H and O–H groups in total. The maximum Gasteiger partial charge on any atom is 0.411 e. The van der Waals surface area contributed by atoms with Crippen molar-refractivity contribution in [2.75, 3.05) is 25.0 Å². The molecule has 1 rings (SSSR count). The Balaban J connectivity index is 2.61. The lowest BCUT2D eigenvalue weighted by atomic mass is 9.79. The van der Waals surface area contributed by atoms with E-state index in [4.69, 9.17) is 23.2 Å². The summed E-state index contributed by atoms with van der Waals surface area (Å²) in [6.07, 6.45) is -3.22. The highest BCUT2D eigenvalue weighted by atomic mass is 35.5. The summed E-state index contributed by atoms with van der Waals surface area (Å²) >= 11 is 12.2. The summed E-state index contributed by atoms with van der Waals surface area (Å²) in [5, 5.41) is 0. The van der Waals surface area contributed by atoms with Gasteiger partial charge in [-0.25, -0.2) is 0 Å². The van der Waals surface area contributed by atoms with Gasteiger partial charge in [-0.3, -0.25) is 0 Å². The zero-order valence-electron chi connectivity index (χ0n) is 11.9. The zero-order valence-corrected chi connectivity index (χ0v) is 13.4. The van der Waals surface area contributed by atoms with E-state index in [2.05, 4.69) is 4.74 Å². The molecule has 0 radical (unpaired) electrons. The van der Waals surface area contributed by atoms with Crippen molar-refractivity contribution in [3.63, 3.8) is 0 Å². The largest absolute Gasteiger partial charge is 0.411 e. The van der Waals surface area contributed by atoms with Crippen molar-refractivity contribution < 1.29 is 17.9 Å². The van der Waals surface area contributed by atoms with Gasteiger partial charge >= 0.3 is 6.18 Å². The third kappa shape index (κ3) is 6.05. The van der Waals surface area contributed by atoms with Gasteiger partial charge in [0.25, 0.3) is 0 Å². The Morgan fingerprint density at radius 3 is 2.33 bits per heavy atom. The SMILES string of the molecule is Cc1cccc(C(CCl)(CCl)CCCOCC(F)(F)F)c1. The number of hydrogen-bond acceptors (Lipinski definition) is 1. The van der Waals surface area contributed by atoms with Gasteiger partial charge in [-0.1, -0.05) is 29.8 Å². The van der Waals surface area contributed by atoms with Gasteiger partial charge < -0.3 is 4.74 Å². The third-order valence-electron chi connectivity index (χ3n) is 3.35. The Hall–Kier alpha value is -0.450. The molecule has 1 nitrogen and oxygen atoms in total. The van der Waals surface area contributed by atoms with Gasteiger partial charge in [0.2, 0.25) is 0 Å². The van der Waals surface area contributed by atoms with E-state index in [0.29, 0.717) is 24.6 Å². The predicted molar refractivity (Wildman–Crippen MR) is 80.4 cm³/mol. The Kier molecular flexibility index (Phi) is 7.31. The molecule has 21 heavy (non-hydrogen) atoms. The Bertz CT molecular complexity index is 431. The first-order valence-electron chi connectivity index (χ1n) is 6.66. The molecule has 0 atom stereocenters. The van der Waals surface area contributed by atoms with Crippen molar-refractivity contribution in [2.24, 2.45) is 0 Å². The number of ether oxygens (including phenoxy) is 1. The fourth-order valence-corrected chi connectivity index (χ4v) is 3.01. The summed E-state index contributed by atoms with van der Waals surface area (Å²) in [7, 11) is 0. The van der Waals surface area contributed by atoms with Crippen LogP contribution in [0.2, 0.25) is 0 Å². The molecule has 0 aliphatic heterocycles. The minimum atomic E-state index is -4.29. The van der Waals surface area contributed by atoms with E-state index in [-0.39, 0.29) is 6.61 Å². The van der Waals surface area contributed by atoms with Crippen LogP contribution in [0.3, 0.4) is 0 Å². The predicted octanol–water partition coefficient (Wildman–Crippen LogP) is 5.07. The zero-order chi connectivity index (χ0) is 15.9. The van der Waals surface area contributed by atoms with E-state index < -0.39 is 18.2 Å². The van der Waals surface area contributed by atoms with Crippen LogP contribution in [-0.2, 0) is 10.2 Å². The molecule has 0 bridgehead atoms. The second-order valence-corrected chi connectivity index (χ2v) is 5.72. The van der Waals surface area contributed by atoms with Gasteiger partial charge in [-0.15, -0.1) is 23.2 Å². The molecular formula is C15H19Cl2F3O. The minimum Gasteiger partial charge on any atom is -0.372 e. The highest BCUT2D eigenvalue weighted by Crippen LogP contribution is 2.33. The average Bonchev–Trinajstić information content (AvgIpc) is 2.42. The van der Waals surface area contributed by atoms with Gasteiger partial charge in [0, 0.05) is 23.8 Å². The van der Waals surface area contributed by atoms with Crippen LogP contribution in [0, 0.1) is 6.92 Å². The first-order chi connectivity index (χ1) is 9.83. The quantitative estimate of drug-likeness (QED) is 0.473. The van der Waals surface area contributed by atoms with Crippen molar-refractivity contribution in [2.45, 2.75) is 31.4 Å². The van der Waals surface area contributed by atoms with Crippen LogP contribution in [0.1, 0.15) is 24.0 Å². The van der Waals surface area contributed by atoms with Crippen LogP contribution in [0.4, 0.5) is 13.2 Å². The summed E-state index contributed by atoms with van der Waals surface area (Å²) in [6, 6.07) is 7.87. The molecule has 0 unspecified atom stereocenters. The van der Waals surface area contributed by atoms with Gasteiger partial charge in [0.15, 0.2) is 0 Å². The number of rotatable bonds is 8. The smallest absolute Gasteiger partial charge is 0.372 e. The molecule has 0 aliphatic carbocycles. The van der Waals surface area contributed by atoms with Crippen molar-refractivity contribution in [3.8, 4) is 0 Å². The third-order valence-corrected chi connectivity index (χ3v) is 4.37. The van der Waals surface area contributed by atoms with Crippen molar-refractivity contribution in [3.05, 3.63) is 35.4 Å². The summed E-state index contributed by atoms with van der Waals surface area (Å²) in [5.41, 5.74) is 1.68. The van der Waals surface area contributed by atoms with E-state index in [1.165, 1.54) is 0 Å². The first kappa shape index (κ1) is 18.6. The molecule has 0 saturated heterocycles. The van der Waals surface area contributed by atoms with E-state index >= 15 is 0 Å². The monoisotopic (exact) mass is 342 g/mol. The fourth-order valence-electron chi connectivity index (χ4n) is 2.14. The molecule has 120 valence electrons. The molecule has 0 heterocycles. The second-order valence-electron chi connectivity index (χ2n) is 5.19. The van der Waals surface area contributed by atoms with Gasteiger partial charge in [0.05, 0.1) is 0 Å². The van der Waals surface area contributed by atoms with E-state index in [1.807, 2.05) is 31.2 Å². The van der Waals surface area contributed by atoms with Crippen LogP contribution >= 0.6 is 23.2 Å². The van der Waals surface area contributed by atoms with Crippen LogP contribution in [-0.4, -0.2) is 31.2 Å². The molecular weight excluding hydrogens is 324 g/mol. The summed E-state index contributed by atoms with van der Waals surface area (Å²) in [4.78, 5) is 0. The van der Waals surface area contributed by atoms with Crippen LogP contribution in [0.15, 0.2) is 24.3 Å². The van der Waals surface area contributed by atoms with E-state index in [0.717, 1.165) is 11.1 Å². The standard InChI is InChI=1S/C15H19Cl2F3O/c1-12-4-2-5-13(8-12)14(9-16,10-17)6-3-7-21-11-15(18,19)20/h2,4-5,8H,3,6-7,9-11H2,1H3. The lowest BCUT2D eigenvalue weighted by Gasteiger charge is -2.30. The van der Waals surface area contributed by atoms with Gasteiger partial charge in [0.1, 0.15) is 6.61 Å². The first-order valence-corrected chi connectivity index (χ1v) is 7.73. The molecule has 0 saturated carbocycles. The highest BCUT2D eigenvalue weighted by Gasteiger charge is 2.31. The molecule has 6 heteroatoms. The lowest BCUT2D eigenvalue weighted by molar-refractivity contribution is -0.174. The average molecular weight is 343 g/mol. The Morgan fingerprint density at radius 1 is 1.14 bits per heavy atom. The topological polar surface area (TPSA) is 9.23 Å². The van der Waals surface area contributed by atoms with Crippen molar-refractivity contribution >= 4 is 23.2 Å². The fraction of sp³-hybridized carbons (Fsp3) is 0.600. The molecule has 0 aromatic heterocycles. The van der Waals surface area contributed by atoms with Gasteiger partial charge in [-0.05, 0) is 25.3 Å². The minimum absolute atomic E-state index is 0.0425. The maximum absolute atomic E-state index is 12.0. The number of aryl methyl sites for hydroxylation is 1. The van der Waals surface area contributed by atoms with Crippen LogP contribution in [0.25, 0.3) is 0 Å². The van der Waals surface area contributed by atoms with Crippen molar-refractivity contribution in [1.82, 2.24) is 0 Å². The summed E-state index contributed by atoms with van der Waals surface area (Å²) < 4.78 is 40.6. The number of benzene rings is 1. The number of halogens is 5. The second kappa shape index (κ2) is 8.25. The van der Waals surface area contributed by atoms with Gasteiger partial charge in [-0.2, -0.15) is 13.2 Å². The van der Waals surface area contributed by atoms with E-state index in [9.17, 15) is 13.2 Å². The van der Waals surface area contributed by atoms with Crippen LogP contribution in [0.5, 0.6) is 0 Å². The normalized spacial score (nSPS) is 12.7. The Labute approximate surface area is 133 Å². The number of alkyl halides is 5. The summed E-state index contributed by atoms with van der Waals surface area (Å²) in [5.74, 6) is 0.637. The molecule has 0 fully saturated rings. The lowest BCUT2D eigenvalue weighted by Crippen LogP contribution is -2.31. The molecule has 1 aromatic rings. The van der Waals surface area contributed by atoms with E-state index in [1.54, 1.807) is 0 Å². The van der Waals surface area contributed by atoms with Crippen LogP contribution < -0.4 is 0 Å². The highest BCUT2D eigenvalue weighted by molar-refractivity contribution is 6.22. The molecule has 1 aromatic carbocycles. The Morgan fingerprint density at radius 2 is 1.81 bits per heavy atom. The van der Waals surface area contributed by atoms with Crippen molar-refractivity contribution in [1.29, 1.82) is 0 Å².